The summed E-state index contributed by atoms with van der Waals surface area (Å²) in [4.78, 5) is 2.43. The first kappa shape index (κ1) is 15.2. The number of rotatable bonds is 5. The fourth-order valence-corrected chi connectivity index (χ4v) is 2.36. The molecule has 3 nitrogen and oxygen atoms in total. The molecule has 1 atom stereocenters. The number of hydrogen-bond acceptors (Lipinski definition) is 3. The zero-order chi connectivity index (χ0) is 13.1. The van der Waals surface area contributed by atoms with Gasteiger partial charge in [0.05, 0.1) is 17.3 Å². The van der Waals surface area contributed by atoms with Crippen LogP contribution < -0.4 is 0 Å². The Balaban J connectivity index is 2.48. The van der Waals surface area contributed by atoms with Crippen LogP contribution >= 0.6 is 11.6 Å². The second-order valence-corrected chi connectivity index (χ2v) is 6.41. The Labute approximate surface area is 110 Å². The van der Waals surface area contributed by atoms with Crippen LogP contribution in [0.3, 0.4) is 0 Å². The molecule has 1 aliphatic heterocycles. The highest BCUT2D eigenvalue weighted by Gasteiger charge is 2.33. The molecule has 0 aromatic heterocycles. The maximum atomic E-state index is 5.91. The van der Waals surface area contributed by atoms with Gasteiger partial charge >= 0.3 is 0 Å². The number of morpholine rings is 1. The average molecular weight is 264 g/mol. The maximum Gasteiger partial charge on any atom is 0.0844 e. The van der Waals surface area contributed by atoms with Crippen LogP contribution in [0.1, 0.15) is 34.1 Å². The Hall–Kier alpha value is 0.170. The van der Waals surface area contributed by atoms with Gasteiger partial charge in [-0.05, 0) is 34.1 Å². The van der Waals surface area contributed by atoms with Crippen molar-refractivity contribution >= 4 is 11.6 Å². The van der Waals surface area contributed by atoms with Crippen LogP contribution in [-0.4, -0.2) is 54.8 Å². The molecule has 0 spiro atoms. The van der Waals surface area contributed by atoms with E-state index < -0.39 is 0 Å². The van der Waals surface area contributed by atoms with Gasteiger partial charge in [0.1, 0.15) is 0 Å². The summed E-state index contributed by atoms with van der Waals surface area (Å²) >= 11 is 5.91. The topological polar surface area (TPSA) is 21.7 Å². The van der Waals surface area contributed by atoms with Gasteiger partial charge in [-0.3, -0.25) is 4.90 Å². The van der Waals surface area contributed by atoms with E-state index in [0.29, 0.717) is 5.88 Å². The fourth-order valence-electron chi connectivity index (χ4n) is 2.20. The van der Waals surface area contributed by atoms with Crippen LogP contribution in [0.2, 0.25) is 0 Å². The molecule has 0 aromatic carbocycles. The standard InChI is InChI=1S/C13H26ClNO2/c1-12(2,16-5)6-7-15-9-11(8-14)17-13(3,4)10-15/h11H,6-10H2,1-5H3. The van der Waals surface area contributed by atoms with Gasteiger partial charge in [-0.2, -0.15) is 0 Å². The Morgan fingerprint density at radius 3 is 2.65 bits per heavy atom. The second kappa shape index (κ2) is 5.87. The van der Waals surface area contributed by atoms with Gasteiger partial charge < -0.3 is 9.47 Å². The molecule has 0 bridgehead atoms. The molecule has 0 N–H and O–H groups in total. The van der Waals surface area contributed by atoms with Crippen LogP contribution in [0, 0.1) is 0 Å². The molecular formula is C13H26ClNO2. The van der Waals surface area contributed by atoms with Crippen LogP contribution in [0.15, 0.2) is 0 Å². The molecule has 17 heavy (non-hydrogen) atoms. The van der Waals surface area contributed by atoms with Crippen molar-refractivity contribution in [3.05, 3.63) is 0 Å². The maximum absolute atomic E-state index is 5.91. The lowest BCUT2D eigenvalue weighted by atomic mass is 10.0. The van der Waals surface area contributed by atoms with E-state index in [2.05, 4.69) is 32.6 Å². The predicted molar refractivity (Wildman–Crippen MR) is 71.8 cm³/mol. The normalized spacial score (nSPS) is 26.1. The van der Waals surface area contributed by atoms with Crippen LogP contribution in [0.4, 0.5) is 0 Å². The summed E-state index contributed by atoms with van der Waals surface area (Å²) in [6.45, 7) is 11.4. The molecule has 1 unspecified atom stereocenters. The molecule has 0 radical (unpaired) electrons. The number of alkyl halides is 1. The Bertz CT molecular complexity index is 244. The molecule has 0 aliphatic carbocycles. The number of methoxy groups -OCH3 is 1. The highest BCUT2D eigenvalue weighted by atomic mass is 35.5. The summed E-state index contributed by atoms with van der Waals surface area (Å²) in [6.07, 6.45) is 1.17. The highest BCUT2D eigenvalue weighted by Crippen LogP contribution is 2.23. The zero-order valence-electron chi connectivity index (χ0n) is 11.8. The lowest BCUT2D eigenvalue weighted by Gasteiger charge is -2.43. The number of halogens is 1. The minimum Gasteiger partial charge on any atom is -0.379 e. The Morgan fingerprint density at radius 2 is 2.12 bits per heavy atom. The monoisotopic (exact) mass is 263 g/mol. The third-order valence-electron chi connectivity index (χ3n) is 3.31. The van der Waals surface area contributed by atoms with Crippen molar-refractivity contribution in [1.29, 1.82) is 0 Å². The molecule has 0 aromatic rings. The first-order chi connectivity index (χ1) is 7.78. The van der Waals surface area contributed by atoms with E-state index in [9.17, 15) is 0 Å². The number of nitrogens with zero attached hydrogens (tertiary/aromatic N) is 1. The minimum absolute atomic E-state index is 0.0566. The molecule has 1 fully saturated rings. The molecule has 1 saturated heterocycles. The van der Waals surface area contributed by atoms with Gasteiger partial charge in [-0.1, -0.05) is 0 Å². The van der Waals surface area contributed by atoms with Crippen molar-refractivity contribution in [2.45, 2.75) is 51.4 Å². The van der Waals surface area contributed by atoms with Crippen molar-refractivity contribution < 1.29 is 9.47 Å². The molecule has 4 heteroatoms. The van der Waals surface area contributed by atoms with Gasteiger partial charge in [0.25, 0.3) is 0 Å². The molecule has 1 heterocycles. The van der Waals surface area contributed by atoms with Gasteiger partial charge in [0.15, 0.2) is 0 Å². The summed E-state index contributed by atoms with van der Waals surface area (Å²) in [5.74, 6) is 0.563. The first-order valence-corrected chi connectivity index (χ1v) is 6.83. The molecule has 102 valence electrons. The lowest BCUT2D eigenvalue weighted by molar-refractivity contribution is -0.130. The SMILES string of the molecule is COC(C)(C)CCN1CC(CCl)OC(C)(C)C1. The van der Waals surface area contributed by atoms with Crippen LogP contribution in [0.5, 0.6) is 0 Å². The molecule has 1 aliphatic rings. The molecule has 1 rings (SSSR count). The fraction of sp³-hybridized carbons (Fsp3) is 1.00. The molecule has 0 saturated carbocycles. The Morgan fingerprint density at radius 1 is 1.47 bits per heavy atom. The first-order valence-electron chi connectivity index (χ1n) is 6.29. The molecular weight excluding hydrogens is 238 g/mol. The van der Waals surface area contributed by atoms with Gasteiger partial charge in [0, 0.05) is 32.6 Å². The average Bonchev–Trinajstić information content (AvgIpc) is 2.24. The van der Waals surface area contributed by atoms with Gasteiger partial charge in [0.2, 0.25) is 0 Å². The third kappa shape index (κ3) is 5.12. The van der Waals surface area contributed by atoms with Crippen molar-refractivity contribution in [3.8, 4) is 0 Å². The quantitative estimate of drug-likeness (QED) is 0.712. The van der Waals surface area contributed by atoms with E-state index in [4.69, 9.17) is 21.1 Å². The Kier molecular flexibility index (Phi) is 5.26. The second-order valence-electron chi connectivity index (χ2n) is 6.10. The van der Waals surface area contributed by atoms with E-state index in [1.807, 2.05) is 0 Å². The summed E-state index contributed by atoms with van der Waals surface area (Å²) in [6, 6.07) is 0. The van der Waals surface area contributed by atoms with Crippen molar-refractivity contribution in [2.75, 3.05) is 32.6 Å². The predicted octanol–water partition coefficient (Wildman–Crippen LogP) is 2.52. The highest BCUT2D eigenvalue weighted by molar-refractivity contribution is 6.18. The summed E-state index contributed by atoms with van der Waals surface area (Å²) in [7, 11) is 1.77. The van der Waals surface area contributed by atoms with E-state index >= 15 is 0 Å². The number of hydrogen-bond donors (Lipinski definition) is 0. The van der Waals surface area contributed by atoms with E-state index in [0.717, 1.165) is 26.1 Å². The van der Waals surface area contributed by atoms with Crippen LogP contribution in [0.25, 0.3) is 0 Å². The van der Waals surface area contributed by atoms with Gasteiger partial charge in [-0.15, -0.1) is 11.6 Å². The number of ether oxygens (including phenoxy) is 2. The minimum atomic E-state index is -0.102. The van der Waals surface area contributed by atoms with E-state index in [1.165, 1.54) is 0 Å². The molecule has 0 amide bonds. The third-order valence-corrected chi connectivity index (χ3v) is 3.65. The lowest BCUT2D eigenvalue weighted by Crippen LogP contribution is -2.54. The summed E-state index contributed by atoms with van der Waals surface area (Å²) < 4.78 is 11.4. The zero-order valence-corrected chi connectivity index (χ0v) is 12.5. The summed E-state index contributed by atoms with van der Waals surface area (Å²) in [5, 5.41) is 0. The largest absolute Gasteiger partial charge is 0.379 e. The van der Waals surface area contributed by atoms with Crippen LogP contribution in [-0.2, 0) is 9.47 Å². The van der Waals surface area contributed by atoms with Crippen molar-refractivity contribution in [3.63, 3.8) is 0 Å². The van der Waals surface area contributed by atoms with E-state index in [-0.39, 0.29) is 17.3 Å². The van der Waals surface area contributed by atoms with Crippen molar-refractivity contribution in [1.82, 2.24) is 4.90 Å². The smallest absolute Gasteiger partial charge is 0.0844 e. The van der Waals surface area contributed by atoms with Gasteiger partial charge in [-0.25, -0.2) is 0 Å². The van der Waals surface area contributed by atoms with Crippen molar-refractivity contribution in [2.24, 2.45) is 0 Å². The van der Waals surface area contributed by atoms with E-state index in [1.54, 1.807) is 7.11 Å². The summed E-state index contributed by atoms with van der Waals surface area (Å²) in [5.41, 5.74) is -0.159.